The largest absolute Gasteiger partial charge is 0.393 e. The Hall–Kier alpha value is -0.0800. The van der Waals surface area contributed by atoms with Crippen LogP contribution in [0.15, 0.2) is 0 Å². The predicted molar refractivity (Wildman–Crippen MR) is 130 cm³/mol. The molecule has 2 heteroatoms. The van der Waals surface area contributed by atoms with Gasteiger partial charge >= 0.3 is 0 Å². The fraction of sp³-hybridized carbons (Fsp3) is 1.00. The van der Waals surface area contributed by atoms with Crippen LogP contribution in [0.1, 0.15) is 125 Å². The van der Waals surface area contributed by atoms with Crippen molar-refractivity contribution >= 4 is 0 Å². The van der Waals surface area contributed by atoms with Crippen LogP contribution in [0.2, 0.25) is 0 Å². The fourth-order valence-corrected chi connectivity index (χ4v) is 10.2. The van der Waals surface area contributed by atoms with Crippen LogP contribution in [0.3, 0.4) is 0 Å². The zero-order valence-electron chi connectivity index (χ0n) is 21.6. The molecule has 4 aliphatic carbocycles. The van der Waals surface area contributed by atoms with Crippen LogP contribution >= 0.6 is 0 Å². The van der Waals surface area contributed by atoms with Crippen LogP contribution in [0.5, 0.6) is 0 Å². The summed E-state index contributed by atoms with van der Waals surface area (Å²) in [7, 11) is 0. The molecule has 2 nitrogen and oxygen atoms in total. The van der Waals surface area contributed by atoms with Gasteiger partial charge < -0.3 is 10.2 Å². The lowest BCUT2D eigenvalue weighted by Gasteiger charge is -2.67. The summed E-state index contributed by atoms with van der Waals surface area (Å²) in [5, 5.41) is 20.8. The maximum atomic E-state index is 11.1. The third-order valence-electron chi connectivity index (χ3n) is 12.1. The fourth-order valence-electron chi connectivity index (χ4n) is 10.2. The molecule has 0 saturated heterocycles. The molecule has 0 aromatic carbocycles. The van der Waals surface area contributed by atoms with Crippen molar-refractivity contribution in [2.75, 3.05) is 0 Å². The zero-order chi connectivity index (χ0) is 22.7. The maximum Gasteiger partial charge on any atom is 0.0648 e. The summed E-state index contributed by atoms with van der Waals surface area (Å²) in [6, 6.07) is 0. The first-order valence-corrected chi connectivity index (χ1v) is 13.9. The summed E-state index contributed by atoms with van der Waals surface area (Å²) in [6.45, 7) is 14.6. The highest BCUT2D eigenvalue weighted by molar-refractivity contribution is 5.15. The van der Waals surface area contributed by atoms with E-state index in [4.69, 9.17) is 0 Å². The van der Waals surface area contributed by atoms with Crippen molar-refractivity contribution in [3.05, 3.63) is 0 Å². The number of fused-ring (bicyclic) bond motifs is 5. The van der Waals surface area contributed by atoms with Gasteiger partial charge in [-0.1, -0.05) is 47.5 Å². The Kier molecular flexibility index (Phi) is 6.44. The van der Waals surface area contributed by atoms with E-state index in [9.17, 15) is 10.2 Å². The Morgan fingerprint density at radius 1 is 0.806 bits per heavy atom. The SMILES string of the molecule is CC[C@]1(O)CC[C@@]2(C)[C@@H](CC[C@]3(C)[C@@H]2CC[C@@]2(C)[C@H]3CC[C@@H]2[C@H](C)CCCC(C)O)C1. The molecular weight excluding hydrogens is 380 g/mol. The molecule has 0 amide bonds. The van der Waals surface area contributed by atoms with Crippen molar-refractivity contribution in [2.45, 2.75) is 137 Å². The topological polar surface area (TPSA) is 40.5 Å². The molecule has 0 heterocycles. The summed E-state index contributed by atoms with van der Waals surface area (Å²) in [5.74, 6) is 4.11. The number of aliphatic hydroxyl groups excluding tert-OH is 1. The van der Waals surface area contributed by atoms with E-state index in [0.717, 1.165) is 55.3 Å². The quantitative estimate of drug-likeness (QED) is 0.460. The number of aliphatic hydroxyl groups is 2. The molecule has 0 spiro atoms. The van der Waals surface area contributed by atoms with Crippen molar-refractivity contribution in [3.8, 4) is 0 Å². The molecule has 31 heavy (non-hydrogen) atoms. The van der Waals surface area contributed by atoms with Crippen molar-refractivity contribution in [1.82, 2.24) is 0 Å². The van der Waals surface area contributed by atoms with Gasteiger partial charge in [0.05, 0.1) is 11.7 Å². The van der Waals surface area contributed by atoms with Crippen molar-refractivity contribution in [3.63, 3.8) is 0 Å². The van der Waals surface area contributed by atoms with Crippen LogP contribution in [0.25, 0.3) is 0 Å². The second-order valence-electron chi connectivity index (χ2n) is 13.6. The monoisotopic (exact) mass is 432 g/mol. The van der Waals surface area contributed by atoms with Gasteiger partial charge in [-0.2, -0.15) is 0 Å². The van der Waals surface area contributed by atoms with Gasteiger partial charge in [0.1, 0.15) is 0 Å². The molecule has 4 fully saturated rings. The first-order valence-electron chi connectivity index (χ1n) is 13.9. The Morgan fingerprint density at radius 2 is 1.48 bits per heavy atom. The summed E-state index contributed by atoms with van der Waals surface area (Å²) >= 11 is 0. The molecule has 2 N–H and O–H groups in total. The van der Waals surface area contributed by atoms with Gasteiger partial charge in [-0.05, 0) is 123 Å². The van der Waals surface area contributed by atoms with E-state index in [1.165, 1.54) is 57.8 Å². The molecule has 4 aliphatic rings. The molecule has 180 valence electrons. The van der Waals surface area contributed by atoms with Gasteiger partial charge in [0.25, 0.3) is 0 Å². The van der Waals surface area contributed by atoms with Gasteiger partial charge in [-0.15, -0.1) is 0 Å². The minimum absolute atomic E-state index is 0.148. The minimum atomic E-state index is -0.388. The lowest BCUT2D eigenvalue weighted by atomic mass is 9.38. The predicted octanol–water partition coefficient (Wildman–Crippen LogP) is 7.36. The highest BCUT2D eigenvalue weighted by Gasteiger charge is 2.65. The molecule has 0 aliphatic heterocycles. The van der Waals surface area contributed by atoms with Gasteiger partial charge in [-0.3, -0.25) is 0 Å². The molecule has 0 radical (unpaired) electrons. The lowest BCUT2D eigenvalue weighted by molar-refractivity contribution is -0.190. The first-order chi connectivity index (χ1) is 14.5. The minimum Gasteiger partial charge on any atom is -0.393 e. The van der Waals surface area contributed by atoms with Crippen LogP contribution in [-0.4, -0.2) is 21.9 Å². The maximum absolute atomic E-state index is 11.1. The second kappa shape index (κ2) is 8.30. The standard InChI is InChI=1S/C29H52O2/c1-7-29(31)18-17-26(4)22(19-29)13-15-28(6)24-12-11-23(20(2)9-8-10-21(3)30)27(24,5)16-14-25(26)28/h20-25,30-31H,7-19H2,1-6H3/t20-,21?,22+,23-,24-,25-,26+,27-,28+,29+/m1/s1. The van der Waals surface area contributed by atoms with Crippen LogP contribution in [0.4, 0.5) is 0 Å². The van der Waals surface area contributed by atoms with E-state index in [0.29, 0.717) is 16.2 Å². The molecule has 0 aromatic heterocycles. The summed E-state index contributed by atoms with van der Waals surface area (Å²) in [4.78, 5) is 0. The molecule has 0 bridgehead atoms. The van der Waals surface area contributed by atoms with Crippen molar-refractivity contribution in [1.29, 1.82) is 0 Å². The van der Waals surface area contributed by atoms with E-state index in [1.807, 2.05) is 6.92 Å². The first kappa shape index (κ1) is 24.1. The lowest BCUT2D eigenvalue weighted by Crippen LogP contribution is -2.60. The molecule has 10 atom stereocenters. The third kappa shape index (κ3) is 3.84. The van der Waals surface area contributed by atoms with Crippen molar-refractivity contribution < 1.29 is 10.2 Å². The second-order valence-corrected chi connectivity index (χ2v) is 13.6. The Morgan fingerprint density at radius 3 is 2.16 bits per heavy atom. The number of hydrogen-bond acceptors (Lipinski definition) is 2. The van der Waals surface area contributed by atoms with Gasteiger partial charge in [0.2, 0.25) is 0 Å². The average molecular weight is 433 g/mol. The normalized spacial score (nSPS) is 51.5. The molecular formula is C29H52O2. The van der Waals surface area contributed by atoms with Crippen LogP contribution in [-0.2, 0) is 0 Å². The number of hydrogen-bond donors (Lipinski definition) is 2. The van der Waals surface area contributed by atoms with Gasteiger partial charge in [0, 0.05) is 0 Å². The van der Waals surface area contributed by atoms with E-state index in [1.54, 1.807) is 0 Å². The molecule has 1 unspecified atom stereocenters. The Labute approximate surface area is 193 Å². The highest BCUT2D eigenvalue weighted by atomic mass is 16.3. The zero-order valence-corrected chi connectivity index (χ0v) is 21.6. The summed E-state index contributed by atoms with van der Waals surface area (Å²) < 4.78 is 0. The van der Waals surface area contributed by atoms with Crippen molar-refractivity contribution in [2.24, 2.45) is 45.8 Å². The Balaban J connectivity index is 1.52. The van der Waals surface area contributed by atoms with Gasteiger partial charge in [-0.25, -0.2) is 0 Å². The number of rotatable bonds is 6. The summed E-state index contributed by atoms with van der Waals surface area (Å²) in [6.07, 6.45) is 15.9. The molecule has 4 rings (SSSR count). The third-order valence-corrected chi connectivity index (χ3v) is 12.1. The van der Waals surface area contributed by atoms with Gasteiger partial charge in [0.15, 0.2) is 0 Å². The Bertz CT molecular complexity index is 645. The van der Waals surface area contributed by atoms with E-state index in [2.05, 4.69) is 34.6 Å². The van der Waals surface area contributed by atoms with Crippen LogP contribution < -0.4 is 0 Å². The smallest absolute Gasteiger partial charge is 0.0648 e. The van der Waals surface area contributed by atoms with E-state index < -0.39 is 0 Å². The summed E-state index contributed by atoms with van der Waals surface area (Å²) in [5.41, 5.74) is 1.06. The highest BCUT2D eigenvalue weighted by Crippen LogP contribution is 2.73. The average Bonchev–Trinajstić information content (AvgIpc) is 3.07. The molecule has 0 aromatic rings. The van der Waals surface area contributed by atoms with Crippen LogP contribution in [0, 0.1) is 45.8 Å². The van der Waals surface area contributed by atoms with E-state index in [-0.39, 0.29) is 11.7 Å². The van der Waals surface area contributed by atoms with E-state index >= 15 is 0 Å². The molecule has 4 saturated carbocycles.